The van der Waals surface area contributed by atoms with Crippen LogP contribution in [0, 0.1) is 0 Å². The lowest BCUT2D eigenvalue weighted by Crippen LogP contribution is -2.31. The standard InChI is InChI=1S/C23H19N5O3S/c1-28-17-7-8-25-21(29)15(17)11-18(28)20-16(12-26-23(24)27-20)13-4-2-5-14(10-13)31-22(30)19-6-3-9-32-19/h2-6,9-12H,7-8H2,1H3,(H,25,29)(H2,24,26,27). The van der Waals surface area contributed by atoms with Crippen molar-refractivity contribution in [2.45, 2.75) is 6.42 Å². The number of hydrogen-bond acceptors (Lipinski definition) is 7. The average molecular weight is 446 g/mol. The van der Waals surface area contributed by atoms with Gasteiger partial charge in [0.05, 0.1) is 11.3 Å². The van der Waals surface area contributed by atoms with Gasteiger partial charge in [-0.3, -0.25) is 4.79 Å². The summed E-state index contributed by atoms with van der Waals surface area (Å²) in [5.41, 5.74) is 10.3. The first kappa shape index (κ1) is 20.0. The summed E-state index contributed by atoms with van der Waals surface area (Å²) in [6.45, 7) is 0.597. The molecule has 0 spiro atoms. The molecule has 32 heavy (non-hydrogen) atoms. The number of nitrogens with one attached hydrogen (secondary N) is 1. The van der Waals surface area contributed by atoms with Gasteiger partial charge in [-0.1, -0.05) is 18.2 Å². The Hall–Kier alpha value is -3.98. The van der Waals surface area contributed by atoms with E-state index in [9.17, 15) is 9.59 Å². The number of nitrogen functional groups attached to an aromatic ring is 1. The van der Waals surface area contributed by atoms with Gasteiger partial charge in [0.1, 0.15) is 16.3 Å². The number of carbonyl (C=O) groups excluding carboxylic acids is 2. The van der Waals surface area contributed by atoms with Crippen LogP contribution in [-0.4, -0.2) is 33.0 Å². The minimum Gasteiger partial charge on any atom is -0.422 e. The van der Waals surface area contributed by atoms with Crippen molar-refractivity contribution in [2.24, 2.45) is 7.05 Å². The Morgan fingerprint density at radius 3 is 2.88 bits per heavy atom. The van der Waals surface area contributed by atoms with Crippen molar-refractivity contribution in [3.05, 3.63) is 70.2 Å². The third-order valence-corrected chi connectivity index (χ3v) is 6.23. The van der Waals surface area contributed by atoms with Crippen LogP contribution in [0.25, 0.3) is 22.5 Å². The van der Waals surface area contributed by atoms with Crippen molar-refractivity contribution in [1.29, 1.82) is 0 Å². The fraction of sp³-hybridized carbons (Fsp3) is 0.130. The second-order valence-corrected chi connectivity index (χ2v) is 8.29. The van der Waals surface area contributed by atoms with E-state index >= 15 is 0 Å². The smallest absolute Gasteiger partial charge is 0.353 e. The SMILES string of the molecule is Cn1c(-c2nc(N)ncc2-c2cccc(OC(=O)c3cccs3)c2)cc2c1CCNC2=O. The van der Waals surface area contributed by atoms with E-state index in [1.807, 2.05) is 29.1 Å². The summed E-state index contributed by atoms with van der Waals surface area (Å²) in [6.07, 6.45) is 2.38. The van der Waals surface area contributed by atoms with Gasteiger partial charge in [-0.15, -0.1) is 11.3 Å². The van der Waals surface area contributed by atoms with E-state index in [0.29, 0.717) is 34.0 Å². The number of carbonyl (C=O) groups is 2. The van der Waals surface area contributed by atoms with Crippen LogP contribution in [0.1, 0.15) is 25.7 Å². The van der Waals surface area contributed by atoms with Crippen LogP contribution in [0.5, 0.6) is 5.75 Å². The molecule has 0 bridgehead atoms. The van der Waals surface area contributed by atoms with Gasteiger partial charge < -0.3 is 20.4 Å². The van der Waals surface area contributed by atoms with Crippen LogP contribution in [0.3, 0.4) is 0 Å². The van der Waals surface area contributed by atoms with Gasteiger partial charge >= 0.3 is 5.97 Å². The first-order chi connectivity index (χ1) is 15.5. The Labute approximate surface area is 187 Å². The van der Waals surface area contributed by atoms with Crippen molar-refractivity contribution in [3.63, 3.8) is 0 Å². The predicted molar refractivity (Wildman–Crippen MR) is 122 cm³/mol. The molecule has 1 aliphatic rings. The third-order valence-electron chi connectivity index (χ3n) is 5.38. The molecule has 1 aliphatic heterocycles. The lowest BCUT2D eigenvalue weighted by molar-refractivity contribution is 0.0739. The molecule has 160 valence electrons. The number of ether oxygens (including phenoxy) is 1. The van der Waals surface area contributed by atoms with Crippen LogP contribution in [0.2, 0.25) is 0 Å². The van der Waals surface area contributed by atoms with E-state index in [-0.39, 0.29) is 11.9 Å². The zero-order chi connectivity index (χ0) is 22.2. The van der Waals surface area contributed by atoms with Crippen LogP contribution in [-0.2, 0) is 13.5 Å². The number of rotatable bonds is 4. The minimum atomic E-state index is -0.410. The van der Waals surface area contributed by atoms with Gasteiger partial charge in [-0.05, 0) is 35.2 Å². The second kappa shape index (κ2) is 7.93. The molecule has 0 saturated heterocycles. The Morgan fingerprint density at radius 1 is 1.22 bits per heavy atom. The molecule has 9 heteroatoms. The summed E-state index contributed by atoms with van der Waals surface area (Å²) in [7, 11) is 1.91. The minimum absolute atomic E-state index is 0.0980. The number of fused-ring (bicyclic) bond motifs is 1. The molecule has 1 aromatic carbocycles. The summed E-state index contributed by atoms with van der Waals surface area (Å²) in [4.78, 5) is 33.9. The van der Waals surface area contributed by atoms with E-state index < -0.39 is 5.97 Å². The van der Waals surface area contributed by atoms with E-state index in [1.54, 1.807) is 36.5 Å². The molecule has 4 aromatic rings. The molecule has 8 nitrogen and oxygen atoms in total. The molecule has 3 N–H and O–H groups in total. The number of hydrogen-bond donors (Lipinski definition) is 2. The Balaban J connectivity index is 1.57. The lowest BCUT2D eigenvalue weighted by Gasteiger charge is -2.15. The van der Waals surface area contributed by atoms with Gasteiger partial charge in [-0.25, -0.2) is 14.8 Å². The van der Waals surface area contributed by atoms with Crippen molar-refractivity contribution < 1.29 is 14.3 Å². The number of nitrogens with zero attached hydrogens (tertiary/aromatic N) is 3. The molecule has 1 amide bonds. The largest absolute Gasteiger partial charge is 0.422 e. The number of thiophene rings is 1. The molecule has 0 radical (unpaired) electrons. The van der Waals surface area contributed by atoms with Gasteiger partial charge in [0.15, 0.2) is 0 Å². The normalized spacial score (nSPS) is 12.8. The highest BCUT2D eigenvalue weighted by Crippen LogP contribution is 2.35. The molecule has 0 fully saturated rings. The molecule has 0 unspecified atom stereocenters. The highest BCUT2D eigenvalue weighted by molar-refractivity contribution is 7.12. The summed E-state index contributed by atoms with van der Waals surface area (Å²) >= 11 is 1.32. The molecule has 5 rings (SSSR count). The fourth-order valence-corrected chi connectivity index (χ4v) is 4.44. The van der Waals surface area contributed by atoms with E-state index in [2.05, 4.69) is 15.3 Å². The number of aromatic nitrogens is 3. The maximum atomic E-state index is 12.3. The number of anilines is 1. The summed E-state index contributed by atoms with van der Waals surface area (Å²) < 4.78 is 7.51. The van der Waals surface area contributed by atoms with Crippen molar-refractivity contribution in [2.75, 3.05) is 12.3 Å². The zero-order valence-corrected chi connectivity index (χ0v) is 18.0. The number of esters is 1. The van der Waals surface area contributed by atoms with Gasteiger partial charge in [-0.2, -0.15) is 0 Å². The predicted octanol–water partition coefficient (Wildman–Crippen LogP) is 3.30. The number of benzene rings is 1. The molecule has 0 aliphatic carbocycles. The molecule has 4 heterocycles. The topological polar surface area (TPSA) is 112 Å². The van der Waals surface area contributed by atoms with Crippen molar-refractivity contribution in [3.8, 4) is 28.3 Å². The van der Waals surface area contributed by atoms with E-state index in [0.717, 1.165) is 23.4 Å². The molecule has 0 saturated carbocycles. The van der Waals surface area contributed by atoms with Gasteiger partial charge in [0, 0.05) is 37.5 Å². The fourth-order valence-electron chi connectivity index (χ4n) is 3.84. The molecular weight excluding hydrogens is 426 g/mol. The van der Waals surface area contributed by atoms with Gasteiger partial charge in [0.25, 0.3) is 5.91 Å². The van der Waals surface area contributed by atoms with Gasteiger partial charge in [0.2, 0.25) is 5.95 Å². The maximum Gasteiger partial charge on any atom is 0.353 e. The van der Waals surface area contributed by atoms with Crippen LogP contribution in [0.15, 0.2) is 54.0 Å². The van der Waals surface area contributed by atoms with Crippen molar-refractivity contribution in [1.82, 2.24) is 19.9 Å². The highest BCUT2D eigenvalue weighted by Gasteiger charge is 2.25. The first-order valence-electron chi connectivity index (χ1n) is 9.97. The molecular formula is C23H19N5O3S. The van der Waals surface area contributed by atoms with Crippen molar-refractivity contribution >= 4 is 29.2 Å². The Kier molecular flexibility index (Phi) is 4.95. The van der Waals surface area contributed by atoms with E-state index in [4.69, 9.17) is 10.5 Å². The average Bonchev–Trinajstić information content (AvgIpc) is 3.44. The quantitative estimate of drug-likeness (QED) is 0.368. The van der Waals surface area contributed by atoms with Crippen LogP contribution < -0.4 is 15.8 Å². The third kappa shape index (κ3) is 3.52. The lowest BCUT2D eigenvalue weighted by atomic mass is 10.0. The van der Waals surface area contributed by atoms with Crippen LogP contribution in [0.4, 0.5) is 5.95 Å². The zero-order valence-electron chi connectivity index (χ0n) is 17.2. The monoisotopic (exact) mass is 445 g/mol. The Bertz CT molecular complexity index is 1340. The summed E-state index contributed by atoms with van der Waals surface area (Å²) in [6, 6.07) is 12.5. The van der Waals surface area contributed by atoms with Crippen LogP contribution >= 0.6 is 11.3 Å². The summed E-state index contributed by atoms with van der Waals surface area (Å²) in [5.74, 6) is 0.0353. The number of amides is 1. The first-order valence-corrected chi connectivity index (χ1v) is 10.8. The maximum absolute atomic E-state index is 12.3. The molecule has 0 atom stereocenters. The molecule has 3 aromatic heterocycles. The summed E-state index contributed by atoms with van der Waals surface area (Å²) in [5, 5.41) is 4.69. The number of nitrogens with two attached hydrogens (primary N) is 1. The van der Waals surface area contributed by atoms with E-state index in [1.165, 1.54) is 11.3 Å². The highest BCUT2D eigenvalue weighted by atomic mass is 32.1. The Morgan fingerprint density at radius 2 is 2.09 bits per heavy atom. The second-order valence-electron chi connectivity index (χ2n) is 7.34.